The highest BCUT2D eigenvalue weighted by Gasteiger charge is 2.32. The zero-order valence-corrected chi connectivity index (χ0v) is 17.8. The lowest BCUT2D eigenvalue weighted by molar-refractivity contribution is -0.120. The second kappa shape index (κ2) is 9.90. The minimum atomic E-state index is -0.272. The van der Waals surface area contributed by atoms with Crippen LogP contribution in [0.5, 0.6) is 5.75 Å². The highest BCUT2D eigenvalue weighted by atomic mass is 19.1. The zero-order chi connectivity index (χ0) is 20.9. The summed E-state index contributed by atoms with van der Waals surface area (Å²) in [6.45, 7) is 7.00. The molecule has 0 aliphatic heterocycles. The maximum Gasteiger partial charge on any atom is 0.217 e. The van der Waals surface area contributed by atoms with Crippen LogP contribution in [0, 0.1) is 11.7 Å². The first-order valence-electron chi connectivity index (χ1n) is 10.8. The predicted molar refractivity (Wildman–Crippen MR) is 109 cm³/mol. The monoisotopic (exact) mass is 407 g/mol. The predicted octanol–water partition coefficient (Wildman–Crippen LogP) is 4.37. The van der Waals surface area contributed by atoms with Crippen LogP contribution >= 0.6 is 0 Å². The molecule has 0 spiro atoms. The smallest absolute Gasteiger partial charge is 0.217 e. The molecule has 2 fully saturated rings. The van der Waals surface area contributed by atoms with E-state index in [1.165, 1.54) is 25.8 Å². The molecule has 0 bridgehead atoms. The number of amides is 1. The summed E-state index contributed by atoms with van der Waals surface area (Å²) in [7, 11) is 0. The fourth-order valence-corrected chi connectivity index (χ4v) is 3.67. The molecule has 2 aliphatic rings. The number of rotatable bonds is 10. The quantitative estimate of drug-likeness (QED) is 0.626. The minimum Gasteiger partial charge on any atom is -0.493 e. The van der Waals surface area contributed by atoms with E-state index in [-0.39, 0.29) is 36.1 Å². The summed E-state index contributed by atoms with van der Waals surface area (Å²) in [6.07, 6.45) is 6.16. The summed E-state index contributed by atoms with van der Waals surface area (Å²) in [6, 6.07) is 5.06. The summed E-state index contributed by atoms with van der Waals surface area (Å²) in [4.78, 5) is 11.1. The molecule has 1 aromatic carbocycles. The topological polar surface area (TPSA) is 56.8 Å². The maximum atomic E-state index is 14.4. The van der Waals surface area contributed by atoms with Gasteiger partial charge in [-0.25, -0.2) is 4.39 Å². The molecular weight excluding hydrogens is 373 g/mol. The van der Waals surface area contributed by atoms with Gasteiger partial charge < -0.3 is 19.5 Å². The number of carbonyl (C=O) groups is 1. The van der Waals surface area contributed by atoms with Gasteiger partial charge in [-0.1, -0.05) is 6.07 Å². The van der Waals surface area contributed by atoms with Crippen molar-refractivity contribution in [1.82, 2.24) is 5.32 Å². The van der Waals surface area contributed by atoms with Crippen LogP contribution in [-0.2, 0) is 20.9 Å². The first kappa shape index (κ1) is 22.0. The second-order valence-electron chi connectivity index (χ2n) is 8.88. The van der Waals surface area contributed by atoms with E-state index in [1.807, 2.05) is 13.0 Å². The average molecular weight is 408 g/mol. The van der Waals surface area contributed by atoms with Crippen molar-refractivity contribution in [3.05, 3.63) is 29.6 Å². The van der Waals surface area contributed by atoms with E-state index in [0.717, 1.165) is 25.7 Å². The Morgan fingerprint density at radius 1 is 1.28 bits per heavy atom. The van der Waals surface area contributed by atoms with Crippen molar-refractivity contribution < 1.29 is 23.4 Å². The number of carbonyl (C=O) groups excluding carboxylic acids is 1. The number of hydrogen-bond acceptors (Lipinski definition) is 4. The zero-order valence-electron chi connectivity index (χ0n) is 17.8. The fraction of sp³-hybridized carbons (Fsp3) is 0.696. The molecule has 6 heteroatoms. The molecule has 1 aromatic rings. The van der Waals surface area contributed by atoms with E-state index in [0.29, 0.717) is 30.4 Å². The molecule has 0 radical (unpaired) electrons. The van der Waals surface area contributed by atoms with Crippen LogP contribution in [0.1, 0.15) is 64.9 Å². The molecule has 2 aliphatic carbocycles. The molecule has 2 saturated carbocycles. The van der Waals surface area contributed by atoms with Crippen LogP contribution in [0.2, 0.25) is 0 Å². The Morgan fingerprint density at radius 3 is 2.62 bits per heavy atom. The van der Waals surface area contributed by atoms with Gasteiger partial charge in [-0.05, 0) is 64.4 Å². The van der Waals surface area contributed by atoms with Crippen molar-refractivity contribution in [3.63, 3.8) is 0 Å². The van der Waals surface area contributed by atoms with Crippen molar-refractivity contribution in [2.24, 2.45) is 5.92 Å². The molecule has 1 amide bonds. The van der Waals surface area contributed by atoms with E-state index in [1.54, 1.807) is 6.07 Å². The Bertz CT molecular complexity index is 683. The number of ether oxygens (including phenoxy) is 3. The van der Waals surface area contributed by atoms with Crippen LogP contribution < -0.4 is 10.1 Å². The van der Waals surface area contributed by atoms with Crippen molar-refractivity contribution >= 4 is 5.91 Å². The fourth-order valence-electron chi connectivity index (χ4n) is 3.67. The third-order valence-corrected chi connectivity index (χ3v) is 5.81. The standard InChI is InChI=1S/C23H34FNO4/c1-16(25-17(2)26)13-27-20-8-10-23(3,11-9-20)29-15-19-6-7-21(12-22(19)24)28-14-18-4-5-18/h6-7,12,16,18,20H,4-5,8-11,13-15H2,1-3H3,(H,25,26)/t16-,20?,23?/m0/s1. The lowest BCUT2D eigenvalue weighted by atomic mass is 9.84. The van der Waals surface area contributed by atoms with Gasteiger partial charge >= 0.3 is 0 Å². The van der Waals surface area contributed by atoms with Crippen molar-refractivity contribution in [3.8, 4) is 5.75 Å². The average Bonchev–Trinajstić information content (AvgIpc) is 3.49. The molecule has 0 aromatic heterocycles. The maximum absolute atomic E-state index is 14.4. The molecule has 162 valence electrons. The summed E-state index contributed by atoms with van der Waals surface area (Å²) in [5, 5.41) is 2.83. The SMILES string of the molecule is CC(=O)N[C@@H](C)COC1CCC(C)(OCc2ccc(OCC3CC3)cc2F)CC1. The van der Waals surface area contributed by atoms with E-state index < -0.39 is 0 Å². The summed E-state index contributed by atoms with van der Waals surface area (Å²) >= 11 is 0. The molecule has 29 heavy (non-hydrogen) atoms. The Balaban J connectivity index is 1.40. The highest BCUT2D eigenvalue weighted by Crippen LogP contribution is 2.34. The minimum absolute atomic E-state index is 0.0104. The molecule has 1 N–H and O–H groups in total. The van der Waals surface area contributed by atoms with Crippen LogP contribution in [0.3, 0.4) is 0 Å². The third kappa shape index (κ3) is 7.27. The van der Waals surface area contributed by atoms with Crippen molar-refractivity contribution in [2.45, 2.75) is 83.6 Å². The molecule has 0 unspecified atom stereocenters. The lowest BCUT2D eigenvalue weighted by Crippen LogP contribution is -2.39. The molecule has 5 nitrogen and oxygen atoms in total. The van der Waals surface area contributed by atoms with Gasteiger partial charge in [0.2, 0.25) is 5.91 Å². The highest BCUT2D eigenvalue weighted by molar-refractivity contribution is 5.73. The number of hydrogen-bond donors (Lipinski definition) is 1. The normalized spacial score (nSPS) is 25.4. The van der Waals surface area contributed by atoms with E-state index in [9.17, 15) is 9.18 Å². The Kier molecular flexibility index (Phi) is 7.52. The van der Waals surface area contributed by atoms with Crippen LogP contribution in [0.4, 0.5) is 4.39 Å². The van der Waals surface area contributed by atoms with Gasteiger partial charge in [0.25, 0.3) is 0 Å². The molecule has 3 rings (SSSR count). The molecule has 1 atom stereocenters. The Hall–Kier alpha value is -1.66. The molecule has 0 heterocycles. The summed E-state index contributed by atoms with van der Waals surface area (Å²) < 4.78 is 32.1. The third-order valence-electron chi connectivity index (χ3n) is 5.81. The van der Waals surface area contributed by atoms with E-state index in [4.69, 9.17) is 14.2 Å². The first-order valence-corrected chi connectivity index (χ1v) is 10.8. The summed E-state index contributed by atoms with van der Waals surface area (Å²) in [5.41, 5.74) is 0.295. The number of nitrogens with one attached hydrogen (secondary N) is 1. The molecule has 0 saturated heterocycles. The van der Waals surface area contributed by atoms with E-state index >= 15 is 0 Å². The van der Waals surface area contributed by atoms with Crippen LogP contribution in [-0.4, -0.2) is 36.9 Å². The van der Waals surface area contributed by atoms with Gasteiger partial charge in [0, 0.05) is 24.6 Å². The second-order valence-corrected chi connectivity index (χ2v) is 8.88. The number of benzene rings is 1. The van der Waals surface area contributed by atoms with Gasteiger partial charge in [-0.15, -0.1) is 0 Å². The van der Waals surface area contributed by atoms with Gasteiger partial charge in [-0.3, -0.25) is 4.79 Å². The van der Waals surface area contributed by atoms with Gasteiger partial charge in [0.15, 0.2) is 0 Å². The van der Waals surface area contributed by atoms with Gasteiger partial charge in [-0.2, -0.15) is 0 Å². The van der Waals surface area contributed by atoms with E-state index in [2.05, 4.69) is 12.2 Å². The Labute approximate surface area is 173 Å². The largest absolute Gasteiger partial charge is 0.493 e. The Morgan fingerprint density at radius 2 is 2.00 bits per heavy atom. The summed E-state index contributed by atoms with van der Waals surface area (Å²) in [5.74, 6) is 0.926. The molecular formula is C23H34FNO4. The van der Waals surface area contributed by atoms with Crippen molar-refractivity contribution in [1.29, 1.82) is 0 Å². The first-order chi connectivity index (χ1) is 13.8. The van der Waals surface area contributed by atoms with Crippen molar-refractivity contribution in [2.75, 3.05) is 13.2 Å². The van der Waals surface area contributed by atoms with Crippen LogP contribution in [0.25, 0.3) is 0 Å². The van der Waals surface area contributed by atoms with Gasteiger partial charge in [0.1, 0.15) is 11.6 Å². The number of halogens is 1. The lowest BCUT2D eigenvalue weighted by Gasteiger charge is -2.37. The van der Waals surface area contributed by atoms with Gasteiger partial charge in [0.05, 0.1) is 31.5 Å². The van der Waals surface area contributed by atoms with Crippen LogP contribution in [0.15, 0.2) is 18.2 Å².